The number of hydrogen-bond acceptors (Lipinski definition) is 4. The van der Waals surface area contributed by atoms with E-state index in [2.05, 4.69) is 23.5 Å². The van der Waals surface area contributed by atoms with Crippen LogP contribution >= 0.6 is 0 Å². The van der Waals surface area contributed by atoms with Crippen LogP contribution in [-0.4, -0.2) is 31.5 Å². The lowest BCUT2D eigenvalue weighted by Crippen LogP contribution is -2.45. The van der Waals surface area contributed by atoms with Gasteiger partial charge in [0, 0.05) is 30.6 Å². The van der Waals surface area contributed by atoms with Crippen molar-refractivity contribution in [1.29, 1.82) is 0 Å². The maximum absolute atomic E-state index is 10.4. The molecule has 2 aromatic carbocycles. The van der Waals surface area contributed by atoms with E-state index in [1.807, 2.05) is 24.3 Å². The van der Waals surface area contributed by atoms with Crippen molar-refractivity contribution in [3.63, 3.8) is 0 Å². The van der Waals surface area contributed by atoms with Crippen LogP contribution in [0.15, 0.2) is 42.5 Å². The summed E-state index contributed by atoms with van der Waals surface area (Å²) < 4.78 is 10.7. The Hall–Kier alpha value is -2.04. The molecule has 0 saturated carbocycles. The van der Waals surface area contributed by atoms with Crippen molar-refractivity contribution < 1.29 is 14.6 Å². The predicted octanol–water partition coefficient (Wildman–Crippen LogP) is 2.32. The fourth-order valence-electron chi connectivity index (χ4n) is 3.14. The molecule has 2 aromatic rings. The minimum Gasteiger partial charge on any atom is -0.497 e. The first-order chi connectivity index (χ1) is 11.2. The molecule has 122 valence electrons. The zero-order valence-corrected chi connectivity index (χ0v) is 13.6. The molecule has 1 aliphatic carbocycles. The third-order valence-electron chi connectivity index (χ3n) is 4.50. The number of fused-ring (bicyclic) bond motifs is 1. The maximum Gasteiger partial charge on any atom is 0.127 e. The molecule has 0 aliphatic heterocycles. The van der Waals surface area contributed by atoms with Crippen LogP contribution in [0.1, 0.15) is 16.7 Å². The lowest BCUT2D eigenvalue weighted by molar-refractivity contribution is 0.118. The van der Waals surface area contributed by atoms with E-state index >= 15 is 0 Å². The quantitative estimate of drug-likeness (QED) is 0.889. The molecule has 2 atom stereocenters. The van der Waals surface area contributed by atoms with Crippen molar-refractivity contribution in [3.05, 3.63) is 59.2 Å². The fraction of sp³-hybridized carbons (Fsp3) is 0.368. The van der Waals surface area contributed by atoms with Crippen molar-refractivity contribution in [3.8, 4) is 11.5 Å². The molecule has 0 fully saturated rings. The molecule has 0 aromatic heterocycles. The fourth-order valence-corrected chi connectivity index (χ4v) is 3.14. The predicted molar refractivity (Wildman–Crippen MR) is 90.0 cm³/mol. The Kier molecular flexibility index (Phi) is 4.84. The molecule has 1 aliphatic rings. The Morgan fingerprint density at radius 1 is 1.04 bits per heavy atom. The molecule has 0 saturated heterocycles. The smallest absolute Gasteiger partial charge is 0.127 e. The second kappa shape index (κ2) is 7.02. The molecule has 23 heavy (non-hydrogen) atoms. The van der Waals surface area contributed by atoms with Gasteiger partial charge in [-0.05, 0) is 23.6 Å². The van der Waals surface area contributed by atoms with E-state index in [-0.39, 0.29) is 12.1 Å². The van der Waals surface area contributed by atoms with Crippen molar-refractivity contribution >= 4 is 0 Å². The summed E-state index contributed by atoms with van der Waals surface area (Å²) >= 11 is 0. The summed E-state index contributed by atoms with van der Waals surface area (Å²) in [4.78, 5) is 0. The Morgan fingerprint density at radius 2 is 1.78 bits per heavy atom. The summed E-state index contributed by atoms with van der Waals surface area (Å²) in [6.07, 6.45) is 1.18. The number of aliphatic hydroxyl groups is 1. The summed E-state index contributed by atoms with van der Waals surface area (Å²) in [7, 11) is 3.30. The third-order valence-corrected chi connectivity index (χ3v) is 4.50. The van der Waals surface area contributed by atoms with E-state index in [0.717, 1.165) is 23.5 Å². The normalized spacial score (nSPS) is 20.0. The summed E-state index contributed by atoms with van der Waals surface area (Å²) in [6.45, 7) is 0.650. The molecule has 0 amide bonds. The van der Waals surface area contributed by atoms with Gasteiger partial charge in [0.05, 0.1) is 20.3 Å². The monoisotopic (exact) mass is 313 g/mol. The van der Waals surface area contributed by atoms with E-state index in [1.54, 1.807) is 14.2 Å². The molecule has 4 heteroatoms. The zero-order chi connectivity index (χ0) is 16.2. The molecule has 0 heterocycles. The van der Waals surface area contributed by atoms with Gasteiger partial charge in [0.15, 0.2) is 0 Å². The van der Waals surface area contributed by atoms with Gasteiger partial charge < -0.3 is 19.9 Å². The molecule has 0 unspecified atom stereocenters. The van der Waals surface area contributed by atoms with E-state index in [0.29, 0.717) is 13.0 Å². The largest absolute Gasteiger partial charge is 0.497 e. The highest BCUT2D eigenvalue weighted by Crippen LogP contribution is 2.26. The van der Waals surface area contributed by atoms with E-state index in [9.17, 15) is 5.11 Å². The van der Waals surface area contributed by atoms with Gasteiger partial charge in [0.2, 0.25) is 0 Å². The van der Waals surface area contributed by atoms with Gasteiger partial charge in [-0.1, -0.05) is 30.3 Å². The molecule has 3 rings (SSSR count). The minimum atomic E-state index is -0.367. The van der Waals surface area contributed by atoms with Crippen molar-refractivity contribution in [2.24, 2.45) is 0 Å². The Labute approximate surface area is 137 Å². The SMILES string of the molecule is COc1ccc(CN[C@@H]2Cc3ccccc3C[C@H]2O)c(OC)c1. The zero-order valence-electron chi connectivity index (χ0n) is 13.6. The molecule has 0 spiro atoms. The van der Waals surface area contributed by atoms with Gasteiger partial charge in [-0.15, -0.1) is 0 Å². The van der Waals surface area contributed by atoms with Gasteiger partial charge in [-0.3, -0.25) is 0 Å². The summed E-state index contributed by atoms with van der Waals surface area (Å²) in [5, 5.41) is 13.9. The van der Waals surface area contributed by atoms with Gasteiger partial charge in [0.1, 0.15) is 11.5 Å². The standard InChI is InChI=1S/C19H23NO3/c1-22-16-8-7-15(19(11-16)23-2)12-20-17-9-13-5-3-4-6-14(13)10-18(17)21/h3-8,11,17-18,20-21H,9-10,12H2,1-2H3/t17-,18-/m1/s1. The lowest BCUT2D eigenvalue weighted by atomic mass is 9.86. The minimum absolute atomic E-state index is 0.0525. The molecule has 4 nitrogen and oxygen atoms in total. The second-order valence-corrected chi connectivity index (χ2v) is 5.91. The second-order valence-electron chi connectivity index (χ2n) is 5.91. The first kappa shape index (κ1) is 15.8. The number of rotatable bonds is 5. The van der Waals surface area contributed by atoms with Crippen LogP contribution in [0, 0.1) is 0 Å². The van der Waals surface area contributed by atoms with Gasteiger partial charge in [0.25, 0.3) is 0 Å². The summed E-state index contributed by atoms with van der Waals surface area (Å²) in [5.41, 5.74) is 3.62. The molecular formula is C19H23NO3. The van der Waals surface area contributed by atoms with Crippen molar-refractivity contribution in [1.82, 2.24) is 5.32 Å². The molecule has 0 radical (unpaired) electrons. The van der Waals surface area contributed by atoms with Crippen LogP contribution in [-0.2, 0) is 19.4 Å². The van der Waals surface area contributed by atoms with Gasteiger partial charge >= 0.3 is 0 Å². The molecular weight excluding hydrogens is 290 g/mol. The maximum atomic E-state index is 10.4. The van der Waals surface area contributed by atoms with Crippen LogP contribution in [0.25, 0.3) is 0 Å². The van der Waals surface area contributed by atoms with Crippen molar-refractivity contribution in [2.45, 2.75) is 31.5 Å². The van der Waals surface area contributed by atoms with Crippen molar-refractivity contribution in [2.75, 3.05) is 14.2 Å². The average molecular weight is 313 g/mol. The Morgan fingerprint density at radius 3 is 2.48 bits per heavy atom. The number of ether oxygens (including phenoxy) is 2. The highest BCUT2D eigenvalue weighted by molar-refractivity contribution is 5.41. The van der Waals surface area contributed by atoms with E-state index in [4.69, 9.17) is 9.47 Å². The van der Waals surface area contributed by atoms with Crippen LogP contribution in [0.5, 0.6) is 11.5 Å². The Bertz CT molecular complexity index is 671. The molecule has 2 N–H and O–H groups in total. The van der Waals surface area contributed by atoms with Crippen LogP contribution in [0.2, 0.25) is 0 Å². The number of nitrogens with one attached hydrogen (secondary N) is 1. The summed E-state index contributed by atoms with van der Waals surface area (Å²) in [6, 6.07) is 14.2. The Balaban J connectivity index is 1.69. The third kappa shape index (κ3) is 3.49. The first-order valence-electron chi connectivity index (χ1n) is 7.90. The average Bonchev–Trinajstić information content (AvgIpc) is 2.59. The lowest BCUT2D eigenvalue weighted by Gasteiger charge is -2.30. The summed E-state index contributed by atoms with van der Waals surface area (Å²) in [5.74, 6) is 1.57. The highest BCUT2D eigenvalue weighted by Gasteiger charge is 2.26. The topological polar surface area (TPSA) is 50.7 Å². The van der Waals surface area contributed by atoms with Gasteiger partial charge in [-0.25, -0.2) is 0 Å². The number of methoxy groups -OCH3 is 2. The van der Waals surface area contributed by atoms with Crippen LogP contribution in [0.4, 0.5) is 0 Å². The number of benzene rings is 2. The van der Waals surface area contributed by atoms with E-state index < -0.39 is 0 Å². The molecule has 0 bridgehead atoms. The first-order valence-corrected chi connectivity index (χ1v) is 7.90. The number of aliphatic hydroxyl groups excluding tert-OH is 1. The van der Waals surface area contributed by atoms with Crippen LogP contribution < -0.4 is 14.8 Å². The van der Waals surface area contributed by atoms with Gasteiger partial charge in [-0.2, -0.15) is 0 Å². The van der Waals surface area contributed by atoms with Crippen LogP contribution in [0.3, 0.4) is 0 Å². The number of hydrogen-bond donors (Lipinski definition) is 2. The highest BCUT2D eigenvalue weighted by atomic mass is 16.5. The van der Waals surface area contributed by atoms with E-state index in [1.165, 1.54) is 11.1 Å².